The van der Waals surface area contributed by atoms with Crippen LogP contribution in [-0.2, 0) is 22.3 Å². The number of ether oxygens (including phenoxy) is 2. The van der Waals surface area contributed by atoms with Crippen LogP contribution in [-0.4, -0.2) is 108 Å². The van der Waals surface area contributed by atoms with E-state index in [9.17, 15) is 10.2 Å². The summed E-state index contributed by atoms with van der Waals surface area (Å²) in [6, 6.07) is 28.2. The number of fused-ring (bicyclic) bond motifs is 2. The average Bonchev–Trinajstić information content (AvgIpc) is 3.75. The average molecular weight is 803 g/mol. The predicted octanol–water partition coefficient (Wildman–Crippen LogP) is 9.52. The predicted molar refractivity (Wildman–Crippen MR) is 237 cm³/mol. The minimum Gasteiger partial charge on any atom is -0.494 e. The number of aromatic amines is 2. The number of hydrogen-bond donors (Lipinski definition) is 4. The van der Waals surface area contributed by atoms with Gasteiger partial charge in [0, 0.05) is 65.4 Å². The Balaban J connectivity index is 0.000000177. The third-order valence-electron chi connectivity index (χ3n) is 11.0. The Hall–Kier alpha value is -4.97. The first-order chi connectivity index (χ1) is 28.4. The van der Waals surface area contributed by atoms with E-state index in [2.05, 4.69) is 54.0 Å². The van der Waals surface area contributed by atoms with Gasteiger partial charge in [0.05, 0.1) is 48.9 Å². The molecule has 0 amide bonds. The van der Waals surface area contributed by atoms with Crippen LogP contribution in [0.3, 0.4) is 0 Å². The summed E-state index contributed by atoms with van der Waals surface area (Å²) in [5.74, 6) is 0.262. The highest BCUT2D eigenvalue weighted by molar-refractivity contribution is 6.31. The second-order valence-electron chi connectivity index (χ2n) is 15.1. The maximum absolute atomic E-state index is 10.2. The van der Waals surface area contributed by atoms with Crippen LogP contribution in [0.15, 0.2) is 94.9 Å². The lowest BCUT2D eigenvalue weighted by Crippen LogP contribution is -2.36. The number of nitrogens with zero attached hydrogens (tertiary/aromatic N) is 4. The first kappa shape index (κ1) is 41.2. The normalized spacial score (nSPS) is 15.5. The van der Waals surface area contributed by atoms with Gasteiger partial charge in [-0.25, -0.2) is 0 Å². The molecule has 2 fully saturated rings. The van der Waals surface area contributed by atoms with E-state index < -0.39 is 0 Å². The van der Waals surface area contributed by atoms with Crippen molar-refractivity contribution in [2.45, 2.75) is 45.4 Å². The molecule has 2 saturated heterocycles. The molecule has 0 unspecified atom stereocenters. The number of morpholine rings is 2. The minimum atomic E-state index is 0.0999. The quantitative estimate of drug-likeness (QED) is 0.0643. The van der Waals surface area contributed by atoms with E-state index in [0.29, 0.717) is 10.6 Å². The Labute approximate surface area is 346 Å². The lowest BCUT2D eigenvalue weighted by atomic mass is 10.1. The fourth-order valence-corrected chi connectivity index (χ4v) is 7.80. The summed E-state index contributed by atoms with van der Waals surface area (Å²) in [5, 5.41) is 22.9. The molecule has 4 aromatic carbocycles. The summed E-state index contributed by atoms with van der Waals surface area (Å²) < 4.78 is 10.8. The van der Waals surface area contributed by atoms with Gasteiger partial charge in [-0.1, -0.05) is 48.0 Å². The van der Waals surface area contributed by atoms with Crippen LogP contribution in [0, 0.1) is 6.92 Å². The van der Waals surface area contributed by atoms with Crippen LogP contribution in [0.2, 0.25) is 5.02 Å². The van der Waals surface area contributed by atoms with Crippen molar-refractivity contribution in [1.29, 1.82) is 0 Å². The molecule has 2 aromatic heterocycles. The molecule has 8 rings (SSSR count). The number of halogens is 1. The SMILES string of the molecule is Cc1cccc2[nH]c(O)c(C=Nc3ccc(CCCCN4CCOCC4)cc3)c12.Oc1[nH]c2ccc(Cl)cc2c1C=Nc1ccc(CCCCN2CCOCC2)cc1. The maximum Gasteiger partial charge on any atom is 0.198 e. The van der Waals surface area contributed by atoms with Gasteiger partial charge >= 0.3 is 0 Å². The summed E-state index contributed by atoms with van der Waals surface area (Å²) in [6.07, 6.45) is 10.4. The summed E-state index contributed by atoms with van der Waals surface area (Å²) in [6.45, 7) is 12.1. The van der Waals surface area contributed by atoms with Gasteiger partial charge in [-0.15, -0.1) is 0 Å². The number of aryl methyl sites for hydroxylation is 3. The lowest BCUT2D eigenvalue weighted by molar-refractivity contribution is 0.0371. The highest BCUT2D eigenvalue weighted by Gasteiger charge is 2.13. The molecule has 2 aliphatic rings. The van der Waals surface area contributed by atoms with Crippen LogP contribution >= 0.6 is 11.6 Å². The molecule has 58 heavy (non-hydrogen) atoms. The van der Waals surface area contributed by atoms with Crippen LogP contribution in [0.4, 0.5) is 11.4 Å². The molecule has 11 heteroatoms. The molecule has 2 aliphatic heterocycles. The summed E-state index contributed by atoms with van der Waals surface area (Å²) in [4.78, 5) is 20.0. The van der Waals surface area contributed by atoms with Gasteiger partial charge in [-0.3, -0.25) is 19.8 Å². The van der Waals surface area contributed by atoms with Crippen molar-refractivity contribution >= 4 is 57.2 Å². The number of benzene rings is 4. The van der Waals surface area contributed by atoms with Gasteiger partial charge < -0.3 is 29.7 Å². The topological polar surface area (TPSA) is 122 Å². The van der Waals surface area contributed by atoms with Crippen LogP contribution in [0.1, 0.15) is 53.5 Å². The number of H-pyrrole nitrogens is 2. The van der Waals surface area contributed by atoms with E-state index in [1.807, 2.05) is 61.5 Å². The zero-order chi connectivity index (χ0) is 40.1. The number of hydrogen-bond acceptors (Lipinski definition) is 8. The Kier molecular flexibility index (Phi) is 14.7. The molecule has 4 N–H and O–H groups in total. The fraction of sp³-hybridized carbons (Fsp3) is 0.362. The van der Waals surface area contributed by atoms with Crippen LogP contribution in [0.25, 0.3) is 21.8 Å². The molecule has 0 aliphatic carbocycles. The summed E-state index contributed by atoms with van der Waals surface area (Å²) in [5.41, 5.74) is 8.69. The van der Waals surface area contributed by atoms with Gasteiger partial charge in [0.25, 0.3) is 0 Å². The number of rotatable bonds is 14. The third kappa shape index (κ3) is 11.4. The van der Waals surface area contributed by atoms with Crippen molar-refractivity contribution in [1.82, 2.24) is 19.8 Å². The molecule has 0 bridgehead atoms. The van der Waals surface area contributed by atoms with E-state index in [-0.39, 0.29) is 11.8 Å². The zero-order valence-electron chi connectivity index (χ0n) is 33.4. The van der Waals surface area contributed by atoms with E-state index in [1.54, 1.807) is 18.5 Å². The Bertz CT molecular complexity index is 2270. The van der Waals surface area contributed by atoms with Gasteiger partial charge in [0.15, 0.2) is 11.8 Å². The first-order valence-corrected chi connectivity index (χ1v) is 20.9. The fourth-order valence-electron chi connectivity index (χ4n) is 7.62. The summed E-state index contributed by atoms with van der Waals surface area (Å²) in [7, 11) is 0. The van der Waals surface area contributed by atoms with Crippen molar-refractivity contribution in [2.24, 2.45) is 9.98 Å². The van der Waals surface area contributed by atoms with Gasteiger partial charge in [0.1, 0.15) is 0 Å². The molecule has 0 spiro atoms. The van der Waals surface area contributed by atoms with E-state index in [1.165, 1.54) is 43.4 Å². The highest BCUT2D eigenvalue weighted by atomic mass is 35.5. The summed E-state index contributed by atoms with van der Waals surface area (Å²) >= 11 is 6.08. The zero-order valence-corrected chi connectivity index (χ0v) is 34.2. The van der Waals surface area contributed by atoms with Crippen molar-refractivity contribution in [3.63, 3.8) is 0 Å². The van der Waals surface area contributed by atoms with Gasteiger partial charge in [-0.2, -0.15) is 0 Å². The molecular formula is C47H55ClN6O4. The molecule has 0 saturated carbocycles. The highest BCUT2D eigenvalue weighted by Crippen LogP contribution is 2.30. The third-order valence-corrected chi connectivity index (χ3v) is 11.2. The van der Waals surface area contributed by atoms with Gasteiger partial charge in [-0.05, 0) is 124 Å². The number of unbranched alkanes of at least 4 members (excludes halogenated alkanes) is 2. The molecular weight excluding hydrogens is 748 g/mol. The number of aliphatic imine (C=N–C) groups is 2. The molecule has 304 valence electrons. The van der Waals surface area contributed by atoms with Crippen molar-refractivity contribution in [3.05, 3.63) is 118 Å². The second kappa shape index (κ2) is 20.6. The monoisotopic (exact) mass is 802 g/mol. The maximum atomic E-state index is 10.2. The Morgan fingerprint density at radius 1 is 0.638 bits per heavy atom. The molecule has 4 heterocycles. The number of aromatic hydroxyl groups is 2. The number of aromatic nitrogens is 2. The number of nitrogens with one attached hydrogen (secondary N) is 2. The second-order valence-corrected chi connectivity index (χ2v) is 15.6. The van der Waals surface area contributed by atoms with E-state index >= 15 is 0 Å². The minimum absolute atomic E-state index is 0.0999. The molecule has 0 atom stereocenters. The van der Waals surface area contributed by atoms with Crippen molar-refractivity contribution in [3.8, 4) is 11.8 Å². The molecule has 0 radical (unpaired) electrons. The van der Waals surface area contributed by atoms with Crippen molar-refractivity contribution in [2.75, 3.05) is 65.7 Å². The first-order valence-electron chi connectivity index (χ1n) is 20.6. The van der Waals surface area contributed by atoms with E-state index in [0.717, 1.165) is 116 Å². The van der Waals surface area contributed by atoms with Crippen LogP contribution < -0.4 is 0 Å². The molecule has 10 nitrogen and oxygen atoms in total. The van der Waals surface area contributed by atoms with Crippen LogP contribution in [0.5, 0.6) is 11.8 Å². The standard InChI is InChI=1S/C24H29N3O2.C23H26ClN3O2/c1-18-5-4-7-22-23(18)21(24(28)26-22)17-25-20-10-8-19(9-11-20)6-2-3-12-27-13-15-29-16-14-27;24-18-6-9-22-20(15-18)21(23(28)26-22)16-25-19-7-4-17(5-8-19)3-1-2-10-27-11-13-29-14-12-27/h4-5,7-11,17,26,28H,2-3,6,12-16H2,1H3;4-9,15-16,26,28H,1-3,10-14H2. The Morgan fingerprint density at radius 3 is 1.72 bits per heavy atom. The van der Waals surface area contributed by atoms with Gasteiger partial charge in [0.2, 0.25) is 0 Å². The van der Waals surface area contributed by atoms with Crippen molar-refractivity contribution < 1.29 is 19.7 Å². The smallest absolute Gasteiger partial charge is 0.198 e. The largest absolute Gasteiger partial charge is 0.494 e. The van der Waals surface area contributed by atoms with E-state index in [4.69, 9.17) is 21.1 Å². The lowest BCUT2D eigenvalue weighted by Gasteiger charge is -2.26. The molecule has 6 aromatic rings. The Morgan fingerprint density at radius 2 is 1.16 bits per heavy atom.